The van der Waals surface area contributed by atoms with Gasteiger partial charge in [0, 0.05) is 26.3 Å². The van der Waals surface area contributed by atoms with Gasteiger partial charge in [-0.2, -0.15) is 0 Å². The number of benzene rings is 2. The lowest BCUT2D eigenvalue weighted by Gasteiger charge is -2.26. The fourth-order valence-electron chi connectivity index (χ4n) is 2.89. The highest BCUT2D eigenvalue weighted by Gasteiger charge is 2.29. The van der Waals surface area contributed by atoms with Crippen molar-refractivity contribution < 1.29 is 14.7 Å². The van der Waals surface area contributed by atoms with Crippen LogP contribution in [0.15, 0.2) is 53.9 Å². The Morgan fingerprint density at radius 2 is 1.85 bits per heavy atom. The van der Waals surface area contributed by atoms with Gasteiger partial charge in [0.2, 0.25) is 0 Å². The van der Waals surface area contributed by atoms with Crippen LogP contribution in [0.1, 0.15) is 27.9 Å². The Labute approximate surface area is 158 Å². The van der Waals surface area contributed by atoms with Crippen LogP contribution < -0.4 is 10.6 Å². The first-order valence-electron chi connectivity index (χ1n) is 8.74. The number of aryl methyl sites for hydroxylation is 1. The number of hydrogen-bond acceptors (Lipinski definition) is 5. The van der Waals surface area contributed by atoms with Crippen molar-refractivity contribution in [2.24, 2.45) is 0 Å². The number of nitrogens with zero attached hydrogens (tertiary/aromatic N) is 1. The van der Waals surface area contributed by atoms with Crippen LogP contribution >= 0.6 is 0 Å². The zero-order valence-corrected chi connectivity index (χ0v) is 15.7. The minimum absolute atomic E-state index is 0.0336. The molecule has 0 bridgehead atoms. The molecular formula is C21H23N3O3. The first-order chi connectivity index (χ1) is 12.9. The Balaban J connectivity index is 1.84. The lowest BCUT2D eigenvalue weighted by molar-refractivity contribution is -0.116. The van der Waals surface area contributed by atoms with E-state index < -0.39 is 0 Å². The fraction of sp³-hybridized carbons (Fsp3) is 0.238. The van der Waals surface area contributed by atoms with Crippen LogP contribution in [-0.4, -0.2) is 35.8 Å². The van der Waals surface area contributed by atoms with Crippen molar-refractivity contribution in [3.63, 3.8) is 0 Å². The fourth-order valence-corrected chi connectivity index (χ4v) is 2.89. The van der Waals surface area contributed by atoms with Crippen LogP contribution in [0.5, 0.6) is 5.75 Å². The van der Waals surface area contributed by atoms with E-state index in [9.17, 15) is 14.7 Å². The standard InChI is InChI=1S/C21H23N3O3/c1-13-9-10-15(21(27)24(2)3)20(26)18(13)23-19-16(11-17(19)25)22-12-14-7-5-4-6-8-14/h4-10,22-23,26H,11-12H2,1-3H3. The van der Waals surface area contributed by atoms with Crippen molar-refractivity contribution in [1.82, 2.24) is 10.2 Å². The van der Waals surface area contributed by atoms with E-state index >= 15 is 0 Å². The van der Waals surface area contributed by atoms with Crippen LogP contribution in [0.2, 0.25) is 0 Å². The van der Waals surface area contributed by atoms with E-state index in [0.29, 0.717) is 24.4 Å². The average molecular weight is 365 g/mol. The van der Waals surface area contributed by atoms with Crippen molar-refractivity contribution in [1.29, 1.82) is 0 Å². The summed E-state index contributed by atoms with van der Waals surface area (Å²) in [5.74, 6) is -0.482. The van der Waals surface area contributed by atoms with Gasteiger partial charge in [-0.05, 0) is 24.1 Å². The number of phenols is 1. The first-order valence-corrected chi connectivity index (χ1v) is 8.74. The van der Waals surface area contributed by atoms with Gasteiger partial charge in [-0.3, -0.25) is 9.59 Å². The van der Waals surface area contributed by atoms with Gasteiger partial charge in [-0.1, -0.05) is 36.4 Å². The lowest BCUT2D eigenvalue weighted by Crippen LogP contribution is -2.32. The zero-order valence-electron chi connectivity index (χ0n) is 15.7. The number of allylic oxidation sites excluding steroid dienone is 2. The van der Waals surface area contributed by atoms with Gasteiger partial charge in [-0.15, -0.1) is 0 Å². The molecule has 2 aromatic rings. The predicted octanol–water partition coefficient (Wildman–Crippen LogP) is 2.79. The van der Waals surface area contributed by atoms with E-state index in [0.717, 1.165) is 16.8 Å². The number of Topliss-reactive ketones (excluding diaryl/α,β-unsaturated/α-hetero) is 1. The molecule has 1 amide bonds. The van der Waals surface area contributed by atoms with Crippen LogP contribution in [-0.2, 0) is 11.3 Å². The predicted molar refractivity (Wildman–Crippen MR) is 104 cm³/mol. The molecule has 0 aliphatic heterocycles. The van der Waals surface area contributed by atoms with Crippen LogP contribution in [0.25, 0.3) is 0 Å². The van der Waals surface area contributed by atoms with Gasteiger partial charge in [0.25, 0.3) is 5.91 Å². The van der Waals surface area contributed by atoms with E-state index in [-0.39, 0.29) is 23.0 Å². The van der Waals surface area contributed by atoms with Crippen LogP contribution in [0.3, 0.4) is 0 Å². The number of nitrogens with one attached hydrogen (secondary N) is 2. The molecule has 0 spiro atoms. The summed E-state index contributed by atoms with van der Waals surface area (Å²) in [6.45, 7) is 2.42. The molecule has 1 aliphatic rings. The second kappa shape index (κ2) is 7.53. The molecule has 2 aromatic carbocycles. The first kappa shape index (κ1) is 18.5. The molecule has 3 rings (SSSR count). The van der Waals surface area contributed by atoms with E-state index in [1.807, 2.05) is 37.3 Å². The minimum Gasteiger partial charge on any atom is -0.505 e. The van der Waals surface area contributed by atoms with E-state index in [2.05, 4.69) is 10.6 Å². The second-order valence-electron chi connectivity index (χ2n) is 6.77. The highest BCUT2D eigenvalue weighted by molar-refractivity contribution is 6.07. The van der Waals surface area contributed by atoms with Crippen molar-refractivity contribution in [2.75, 3.05) is 19.4 Å². The van der Waals surface area contributed by atoms with Crippen LogP contribution in [0.4, 0.5) is 5.69 Å². The number of anilines is 1. The molecule has 0 aromatic heterocycles. The summed E-state index contributed by atoms with van der Waals surface area (Å²) in [7, 11) is 3.25. The summed E-state index contributed by atoms with van der Waals surface area (Å²) in [6, 6.07) is 13.2. The van der Waals surface area contributed by atoms with Gasteiger partial charge in [0.15, 0.2) is 11.5 Å². The number of hydrogen-bond donors (Lipinski definition) is 3. The molecule has 1 aliphatic carbocycles. The topological polar surface area (TPSA) is 81.7 Å². The SMILES string of the molecule is Cc1ccc(C(=O)N(C)C)c(O)c1NC1=C(NCc2ccccc2)CC1=O. The highest BCUT2D eigenvalue weighted by Crippen LogP contribution is 2.35. The molecule has 3 N–H and O–H groups in total. The van der Waals surface area contributed by atoms with E-state index in [4.69, 9.17) is 0 Å². The van der Waals surface area contributed by atoms with Crippen LogP contribution in [0, 0.1) is 6.92 Å². The molecule has 6 nitrogen and oxygen atoms in total. The Morgan fingerprint density at radius 3 is 2.48 bits per heavy atom. The molecule has 0 heterocycles. The zero-order chi connectivity index (χ0) is 19.6. The Bertz CT molecular complexity index is 918. The van der Waals surface area contributed by atoms with Gasteiger partial charge in [-0.25, -0.2) is 0 Å². The average Bonchev–Trinajstić information content (AvgIpc) is 2.65. The second-order valence-corrected chi connectivity index (χ2v) is 6.77. The van der Waals surface area contributed by atoms with Gasteiger partial charge in [0.1, 0.15) is 5.70 Å². The third-order valence-electron chi connectivity index (χ3n) is 4.54. The van der Waals surface area contributed by atoms with Gasteiger partial charge >= 0.3 is 0 Å². The van der Waals surface area contributed by atoms with E-state index in [1.54, 1.807) is 26.2 Å². The number of aromatic hydroxyl groups is 1. The smallest absolute Gasteiger partial charge is 0.257 e. The molecule has 0 atom stereocenters. The van der Waals surface area contributed by atoms with Crippen molar-refractivity contribution in [3.8, 4) is 5.75 Å². The van der Waals surface area contributed by atoms with Crippen molar-refractivity contribution >= 4 is 17.4 Å². The molecule has 0 unspecified atom stereocenters. The maximum Gasteiger partial charge on any atom is 0.257 e. The number of rotatable bonds is 6. The monoisotopic (exact) mass is 365 g/mol. The number of ketones is 1. The molecule has 6 heteroatoms. The van der Waals surface area contributed by atoms with Gasteiger partial charge in [0.05, 0.1) is 17.7 Å². The number of carbonyl (C=O) groups is 2. The summed E-state index contributed by atoms with van der Waals surface area (Å²) < 4.78 is 0. The summed E-state index contributed by atoms with van der Waals surface area (Å²) in [5, 5.41) is 16.9. The Kier molecular flexibility index (Phi) is 5.16. The minimum atomic E-state index is -0.299. The third-order valence-corrected chi connectivity index (χ3v) is 4.54. The van der Waals surface area contributed by atoms with Crippen molar-refractivity contribution in [3.05, 3.63) is 70.5 Å². The summed E-state index contributed by atoms with van der Waals surface area (Å²) >= 11 is 0. The molecule has 0 fully saturated rings. The number of carbonyl (C=O) groups excluding carboxylic acids is 2. The van der Waals surface area contributed by atoms with E-state index in [1.165, 1.54) is 4.90 Å². The maximum absolute atomic E-state index is 12.2. The molecule has 140 valence electrons. The largest absolute Gasteiger partial charge is 0.505 e. The van der Waals surface area contributed by atoms with Crippen molar-refractivity contribution in [2.45, 2.75) is 19.9 Å². The summed E-state index contributed by atoms with van der Waals surface area (Å²) in [5.41, 5.74) is 3.66. The molecule has 0 saturated carbocycles. The van der Waals surface area contributed by atoms with Gasteiger partial charge < -0.3 is 20.6 Å². The number of amides is 1. The molecule has 0 saturated heterocycles. The normalized spacial score (nSPS) is 13.2. The molecule has 27 heavy (non-hydrogen) atoms. The number of phenolic OH excluding ortho intramolecular Hbond substituents is 1. The molecular weight excluding hydrogens is 342 g/mol. The third kappa shape index (κ3) is 3.79. The highest BCUT2D eigenvalue weighted by atomic mass is 16.3. The summed E-state index contributed by atoms with van der Waals surface area (Å²) in [6.07, 6.45) is 0.325. The Hall–Kier alpha value is -3.28. The summed E-state index contributed by atoms with van der Waals surface area (Å²) in [4.78, 5) is 25.7. The quantitative estimate of drug-likeness (QED) is 0.686. The Morgan fingerprint density at radius 1 is 1.15 bits per heavy atom. The molecule has 0 radical (unpaired) electrons. The lowest BCUT2D eigenvalue weighted by atomic mass is 9.97. The maximum atomic E-state index is 12.2.